The van der Waals surface area contributed by atoms with E-state index in [-0.39, 0.29) is 0 Å². The third-order valence-corrected chi connectivity index (χ3v) is 3.90. The van der Waals surface area contributed by atoms with Crippen molar-refractivity contribution in [1.82, 2.24) is 20.0 Å². The fraction of sp³-hybridized carbons (Fsp3) is 0.0667. The minimum atomic E-state index is -0.454. The van der Waals surface area contributed by atoms with Crippen molar-refractivity contribution in [3.05, 3.63) is 57.6 Å². The van der Waals surface area contributed by atoms with E-state index in [0.29, 0.717) is 16.4 Å². The number of hydrazine groups is 1. The number of fused-ring (bicyclic) bond motifs is 3. The van der Waals surface area contributed by atoms with Crippen LogP contribution in [-0.2, 0) is 0 Å². The van der Waals surface area contributed by atoms with E-state index in [1.807, 2.05) is 31.2 Å². The number of halogens is 1. The summed E-state index contributed by atoms with van der Waals surface area (Å²) < 4.78 is 1.68. The van der Waals surface area contributed by atoms with Gasteiger partial charge in [0, 0.05) is 10.6 Å². The number of aromatic nitrogens is 4. The maximum absolute atomic E-state index is 11.9. The number of anilines is 2. The lowest BCUT2D eigenvalue weighted by atomic mass is 10.1. The van der Waals surface area contributed by atoms with Crippen LogP contribution in [0.1, 0.15) is 5.69 Å². The van der Waals surface area contributed by atoms with Gasteiger partial charge in [0.15, 0.2) is 5.82 Å². The summed E-state index contributed by atoms with van der Waals surface area (Å²) in [5.74, 6) is 0.739. The molecule has 0 fully saturated rings. The van der Waals surface area contributed by atoms with Crippen LogP contribution in [0.25, 0.3) is 16.8 Å². The normalized spacial score (nSPS) is 11.9. The van der Waals surface area contributed by atoms with Crippen molar-refractivity contribution in [3.8, 4) is 16.8 Å². The molecule has 8 heteroatoms. The Morgan fingerprint density at radius 1 is 1.13 bits per heavy atom. The van der Waals surface area contributed by atoms with E-state index in [1.165, 1.54) is 6.20 Å². The molecule has 7 nitrogen and oxygen atoms in total. The van der Waals surface area contributed by atoms with Crippen LogP contribution in [-0.4, -0.2) is 20.0 Å². The molecule has 3 aromatic rings. The molecule has 23 heavy (non-hydrogen) atoms. The van der Waals surface area contributed by atoms with Crippen LogP contribution in [0, 0.1) is 6.92 Å². The molecule has 0 aliphatic carbocycles. The first-order chi connectivity index (χ1) is 11.1. The zero-order chi connectivity index (χ0) is 16.0. The smallest absolute Gasteiger partial charge is 0.292 e. The highest BCUT2D eigenvalue weighted by Crippen LogP contribution is 2.36. The fourth-order valence-electron chi connectivity index (χ4n) is 2.63. The number of benzene rings is 1. The SMILES string of the molecule is Cc1nn2c(c1-c1ccc(Cl)cc1)NNc1c-2ccnnc1=O. The summed E-state index contributed by atoms with van der Waals surface area (Å²) in [5, 5.41) is 12.5. The average molecular weight is 327 g/mol. The van der Waals surface area contributed by atoms with Gasteiger partial charge in [0.25, 0.3) is 0 Å². The minimum absolute atomic E-state index is 0.306. The van der Waals surface area contributed by atoms with Crippen LogP contribution < -0.4 is 16.4 Å². The number of aryl methyl sites for hydroxylation is 1. The lowest BCUT2D eigenvalue weighted by Crippen LogP contribution is -2.25. The molecule has 1 aromatic carbocycles. The van der Waals surface area contributed by atoms with Crippen LogP contribution in [0.2, 0.25) is 5.02 Å². The first-order valence-electron chi connectivity index (χ1n) is 6.89. The van der Waals surface area contributed by atoms with Crippen LogP contribution >= 0.6 is 11.6 Å². The summed E-state index contributed by atoms with van der Waals surface area (Å²) in [7, 11) is 0. The summed E-state index contributed by atoms with van der Waals surface area (Å²) in [6.45, 7) is 1.91. The van der Waals surface area contributed by atoms with E-state index in [4.69, 9.17) is 11.6 Å². The third kappa shape index (κ3) is 2.13. The molecular weight excluding hydrogens is 316 g/mol. The van der Waals surface area contributed by atoms with Gasteiger partial charge in [0.2, 0.25) is 0 Å². The third-order valence-electron chi connectivity index (χ3n) is 3.65. The maximum atomic E-state index is 11.9. The Hall–Kier alpha value is -2.93. The zero-order valence-electron chi connectivity index (χ0n) is 12.0. The topological polar surface area (TPSA) is 84.7 Å². The average Bonchev–Trinajstić information content (AvgIpc) is 2.76. The second-order valence-corrected chi connectivity index (χ2v) is 5.51. The van der Waals surface area contributed by atoms with Gasteiger partial charge in [-0.05, 0) is 30.7 Å². The van der Waals surface area contributed by atoms with Crippen molar-refractivity contribution in [1.29, 1.82) is 0 Å². The second-order valence-electron chi connectivity index (χ2n) is 5.07. The van der Waals surface area contributed by atoms with Crippen LogP contribution in [0.15, 0.2) is 41.3 Å². The highest BCUT2D eigenvalue weighted by atomic mass is 35.5. The summed E-state index contributed by atoms with van der Waals surface area (Å²) in [6, 6.07) is 9.20. The summed E-state index contributed by atoms with van der Waals surface area (Å²) in [6.07, 6.45) is 1.47. The summed E-state index contributed by atoms with van der Waals surface area (Å²) in [5.41, 5.74) is 9.09. The lowest BCUT2D eigenvalue weighted by molar-refractivity contribution is 0.855. The molecular formula is C15H11ClN6O. The second kappa shape index (κ2) is 5.06. The monoisotopic (exact) mass is 326 g/mol. The van der Waals surface area contributed by atoms with Gasteiger partial charge in [0.1, 0.15) is 5.69 Å². The molecule has 2 N–H and O–H groups in total. The number of nitrogens with zero attached hydrogens (tertiary/aromatic N) is 4. The quantitative estimate of drug-likeness (QED) is 0.714. The van der Waals surface area contributed by atoms with Gasteiger partial charge in [-0.3, -0.25) is 15.6 Å². The Morgan fingerprint density at radius 2 is 1.91 bits per heavy atom. The first-order valence-corrected chi connectivity index (χ1v) is 7.27. The number of nitrogens with one attached hydrogen (secondary N) is 2. The highest BCUT2D eigenvalue weighted by molar-refractivity contribution is 6.30. The maximum Gasteiger partial charge on any atom is 0.315 e. The molecule has 1 aliphatic heterocycles. The predicted octanol–water partition coefficient (Wildman–Crippen LogP) is 2.40. The molecule has 3 heterocycles. The van der Waals surface area contributed by atoms with E-state index in [0.717, 1.165) is 22.6 Å². The van der Waals surface area contributed by atoms with Crippen molar-refractivity contribution in [2.45, 2.75) is 6.92 Å². The molecule has 0 radical (unpaired) electrons. The molecule has 1 aliphatic rings. The largest absolute Gasteiger partial charge is 0.315 e. The van der Waals surface area contributed by atoms with E-state index < -0.39 is 5.56 Å². The van der Waals surface area contributed by atoms with Crippen molar-refractivity contribution in [3.63, 3.8) is 0 Å². The van der Waals surface area contributed by atoms with E-state index in [1.54, 1.807) is 10.7 Å². The molecule has 0 bridgehead atoms. The van der Waals surface area contributed by atoms with Gasteiger partial charge in [-0.25, -0.2) is 4.68 Å². The van der Waals surface area contributed by atoms with Crippen molar-refractivity contribution in [2.75, 3.05) is 10.9 Å². The van der Waals surface area contributed by atoms with Gasteiger partial charge in [-0.15, -0.1) is 5.10 Å². The van der Waals surface area contributed by atoms with Crippen molar-refractivity contribution >= 4 is 23.1 Å². The molecule has 0 amide bonds. The van der Waals surface area contributed by atoms with Crippen molar-refractivity contribution < 1.29 is 0 Å². The lowest BCUT2D eigenvalue weighted by Gasteiger charge is -2.19. The Labute approximate surface area is 135 Å². The summed E-state index contributed by atoms with van der Waals surface area (Å²) >= 11 is 5.96. The van der Waals surface area contributed by atoms with Crippen LogP contribution in [0.5, 0.6) is 0 Å². The van der Waals surface area contributed by atoms with Crippen LogP contribution in [0.3, 0.4) is 0 Å². The van der Waals surface area contributed by atoms with Gasteiger partial charge in [0.05, 0.1) is 17.6 Å². The first kappa shape index (κ1) is 13.7. The predicted molar refractivity (Wildman–Crippen MR) is 87.9 cm³/mol. The Balaban J connectivity index is 1.97. The van der Waals surface area contributed by atoms with E-state index in [2.05, 4.69) is 26.1 Å². The molecule has 0 saturated carbocycles. The number of hydrogen-bond donors (Lipinski definition) is 2. The molecule has 114 valence electrons. The van der Waals surface area contributed by atoms with E-state index >= 15 is 0 Å². The van der Waals surface area contributed by atoms with Gasteiger partial charge in [-0.2, -0.15) is 10.2 Å². The van der Waals surface area contributed by atoms with Gasteiger partial charge < -0.3 is 0 Å². The van der Waals surface area contributed by atoms with E-state index in [9.17, 15) is 4.79 Å². The molecule has 0 atom stereocenters. The number of rotatable bonds is 1. The standard InChI is InChI=1S/C15H11ClN6O/c1-8-12(9-2-4-10(16)5-3-9)14-19-18-13-11(22(14)21-8)6-7-17-20-15(13)23/h2-7,18-19H,1H3. The van der Waals surface area contributed by atoms with Gasteiger partial charge >= 0.3 is 5.56 Å². The summed E-state index contributed by atoms with van der Waals surface area (Å²) in [4.78, 5) is 11.9. The fourth-order valence-corrected chi connectivity index (χ4v) is 2.75. The molecule has 4 rings (SSSR count). The highest BCUT2D eigenvalue weighted by Gasteiger charge is 2.24. The Morgan fingerprint density at radius 3 is 2.70 bits per heavy atom. The molecule has 0 spiro atoms. The van der Waals surface area contributed by atoms with Crippen molar-refractivity contribution in [2.24, 2.45) is 0 Å². The molecule has 0 unspecified atom stereocenters. The van der Waals surface area contributed by atoms with Crippen LogP contribution in [0.4, 0.5) is 11.5 Å². The Bertz CT molecular complexity index is 967. The molecule has 0 saturated heterocycles. The Kier molecular flexibility index (Phi) is 3.02. The van der Waals surface area contributed by atoms with Gasteiger partial charge in [-0.1, -0.05) is 23.7 Å². The number of hydrogen-bond acceptors (Lipinski definition) is 6. The minimum Gasteiger partial charge on any atom is -0.292 e. The molecule has 2 aromatic heterocycles. The zero-order valence-corrected chi connectivity index (χ0v) is 12.8.